The minimum Gasteiger partial charge on any atom is -0.449 e. The van der Waals surface area contributed by atoms with Crippen LogP contribution in [0.5, 0.6) is 0 Å². The molecule has 2 bridgehead atoms. The van der Waals surface area contributed by atoms with Gasteiger partial charge >= 0.3 is 6.09 Å². The maximum atomic E-state index is 11.9. The first kappa shape index (κ1) is 12.4. The summed E-state index contributed by atoms with van der Waals surface area (Å²) in [6, 6.07) is 0.0895. The molecule has 96 valence electrons. The third kappa shape index (κ3) is 1.94. The van der Waals surface area contributed by atoms with Crippen LogP contribution in [-0.2, 0) is 9.53 Å². The van der Waals surface area contributed by atoms with Gasteiger partial charge in [0.25, 0.3) is 0 Å². The zero-order valence-corrected chi connectivity index (χ0v) is 10.9. The lowest BCUT2D eigenvalue weighted by Crippen LogP contribution is -2.49. The van der Waals surface area contributed by atoms with Gasteiger partial charge in [-0.1, -0.05) is 20.3 Å². The molecule has 17 heavy (non-hydrogen) atoms. The Morgan fingerprint density at radius 1 is 1.47 bits per heavy atom. The van der Waals surface area contributed by atoms with Gasteiger partial charge in [0.2, 0.25) is 0 Å². The smallest absolute Gasteiger partial charge is 0.410 e. The first-order valence-electron chi connectivity index (χ1n) is 6.43. The molecule has 4 heteroatoms. The molecule has 4 nitrogen and oxygen atoms in total. The van der Waals surface area contributed by atoms with Crippen molar-refractivity contribution in [2.45, 2.75) is 46.1 Å². The summed E-state index contributed by atoms with van der Waals surface area (Å²) >= 11 is 0. The van der Waals surface area contributed by atoms with E-state index in [1.807, 2.05) is 0 Å². The van der Waals surface area contributed by atoms with Gasteiger partial charge in [0, 0.05) is 18.5 Å². The minimum absolute atomic E-state index is 0.000274. The standard InChI is InChI=1S/C13H21NO3/c1-4-5-6-17-12(16)14-8-13(3)7-10(14)11(13)9(2)15/h10-11H,4-8H2,1-3H3. The molecule has 3 aliphatic rings. The summed E-state index contributed by atoms with van der Waals surface area (Å²) in [5, 5.41) is 0. The normalized spacial score (nSPS) is 34.4. The second-order valence-corrected chi connectivity index (χ2v) is 5.61. The van der Waals surface area contributed by atoms with Crippen LogP contribution in [0.4, 0.5) is 4.79 Å². The highest BCUT2D eigenvalue weighted by Gasteiger charge is 2.63. The maximum absolute atomic E-state index is 11.9. The summed E-state index contributed by atoms with van der Waals surface area (Å²) in [4.78, 5) is 25.2. The number of Topliss-reactive ketones (excluding diaryl/α,β-unsaturated/α-hetero) is 1. The molecular formula is C13H21NO3. The van der Waals surface area contributed by atoms with Gasteiger partial charge in [0.15, 0.2) is 0 Å². The number of unbranched alkanes of at least 4 members (excludes halogenated alkanes) is 1. The molecule has 0 aromatic heterocycles. The fourth-order valence-corrected chi connectivity index (χ4v) is 3.33. The van der Waals surface area contributed by atoms with Gasteiger partial charge in [-0.25, -0.2) is 4.79 Å². The molecule has 1 amide bonds. The van der Waals surface area contributed by atoms with E-state index in [0.29, 0.717) is 13.2 Å². The second kappa shape index (κ2) is 4.31. The molecule has 3 fully saturated rings. The second-order valence-electron chi connectivity index (χ2n) is 5.61. The van der Waals surface area contributed by atoms with Crippen molar-refractivity contribution in [3.63, 3.8) is 0 Å². The number of amides is 1. The van der Waals surface area contributed by atoms with Gasteiger partial charge in [-0.2, -0.15) is 0 Å². The molecule has 2 heterocycles. The molecule has 0 aromatic rings. The van der Waals surface area contributed by atoms with E-state index in [4.69, 9.17) is 4.74 Å². The fourth-order valence-electron chi connectivity index (χ4n) is 3.33. The monoisotopic (exact) mass is 239 g/mol. The van der Waals surface area contributed by atoms with Crippen LogP contribution in [0.15, 0.2) is 0 Å². The number of nitrogens with zero attached hydrogens (tertiary/aromatic N) is 1. The van der Waals surface area contributed by atoms with Crippen LogP contribution in [0.1, 0.15) is 40.0 Å². The Kier molecular flexibility index (Phi) is 3.15. The lowest BCUT2D eigenvalue weighted by atomic mass is 9.60. The van der Waals surface area contributed by atoms with Crippen LogP contribution in [0.25, 0.3) is 0 Å². The number of fused-ring (bicyclic) bond motifs is 1. The van der Waals surface area contributed by atoms with Crippen LogP contribution in [0.3, 0.4) is 0 Å². The molecule has 0 spiro atoms. The Morgan fingerprint density at radius 2 is 2.18 bits per heavy atom. The van der Waals surface area contributed by atoms with Gasteiger partial charge < -0.3 is 9.64 Å². The maximum Gasteiger partial charge on any atom is 0.410 e. The van der Waals surface area contributed by atoms with Crippen LogP contribution < -0.4 is 0 Å². The van der Waals surface area contributed by atoms with Gasteiger partial charge in [-0.05, 0) is 25.2 Å². The van der Waals surface area contributed by atoms with E-state index in [1.165, 1.54) is 0 Å². The molecular weight excluding hydrogens is 218 g/mol. The van der Waals surface area contributed by atoms with Crippen molar-refractivity contribution >= 4 is 11.9 Å². The average molecular weight is 239 g/mol. The molecule has 0 aromatic carbocycles. The third-order valence-corrected chi connectivity index (χ3v) is 4.14. The Morgan fingerprint density at radius 3 is 2.71 bits per heavy atom. The number of ketones is 1. The Bertz CT molecular complexity index is 342. The summed E-state index contributed by atoms with van der Waals surface area (Å²) < 4.78 is 5.21. The molecule has 0 N–H and O–H groups in total. The molecule has 3 atom stereocenters. The zero-order chi connectivity index (χ0) is 12.6. The SMILES string of the molecule is CCCCOC(=O)N1CC2(C)CC1C2C(C)=O. The first-order valence-corrected chi connectivity index (χ1v) is 6.43. The van der Waals surface area contributed by atoms with Gasteiger partial charge in [0.1, 0.15) is 5.78 Å². The first-order chi connectivity index (χ1) is 7.99. The quantitative estimate of drug-likeness (QED) is 0.707. The van der Waals surface area contributed by atoms with Crippen molar-refractivity contribution in [1.29, 1.82) is 0 Å². The fraction of sp³-hybridized carbons (Fsp3) is 0.846. The van der Waals surface area contributed by atoms with Crippen molar-refractivity contribution in [2.75, 3.05) is 13.2 Å². The van der Waals surface area contributed by atoms with E-state index in [9.17, 15) is 9.59 Å². The average Bonchev–Trinajstić information content (AvgIpc) is 2.70. The van der Waals surface area contributed by atoms with Crippen molar-refractivity contribution in [2.24, 2.45) is 11.3 Å². The Labute approximate surface area is 102 Å². The largest absolute Gasteiger partial charge is 0.449 e. The number of rotatable bonds is 4. The van der Waals surface area contributed by atoms with E-state index in [1.54, 1.807) is 11.8 Å². The molecule has 3 unspecified atom stereocenters. The lowest BCUT2D eigenvalue weighted by molar-refractivity contribution is -0.128. The molecule has 2 saturated heterocycles. The summed E-state index contributed by atoms with van der Waals surface area (Å²) in [5.41, 5.74) is 0.000274. The van der Waals surface area contributed by atoms with Crippen molar-refractivity contribution in [1.82, 2.24) is 4.90 Å². The number of ether oxygens (including phenoxy) is 1. The van der Waals surface area contributed by atoms with Gasteiger partial charge in [-0.3, -0.25) is 4.79 Å². The molecule has 1 aliphatic carbocycles. The predicted octanol–water partition coefficient (Wildman–Crippen LogP) is 2.22. The van der Waals surface area contributed by atoms with Crippen molar-refractivity contribution in [3.05, 3.63) is 0 Å². The number of carbonyl (C=O) groups excluding carboxylic acids is 2. The Balaban J connectivity index is 1.93. The minimum atomic E-state index is -0.240. The van der Waals surface area contributed by atoms with Crippen molar-refractivity contribution < 1.29 is 14.3 Å². The summed E-state index contributed by atoms with van der Waals surface area (Å²) in [6.45, 7) is 6.94. The van der Waals surface area contributed by atoms with E-state index < -0.39 is 0 Å². The number of hydrogen-bond donors (Lipinski definition) is 0. The third-order valence-electron chi connectivity index (χ3n) is 4.14. The van der Waals surface area contributed by atoms with Crippen molar-refractivity contribution in [3.8, 4) is 0 Å². The summed E-state index contributed by atoms with van der Waals surface area (Å²) in [7, 11) is 0. The van der Waals surface area contributed by atoms with Crippen LogP contribution >= 0.6 is 0 Å². The van der Waals surface area contributed by atoms with E-state index >= 15 is 0 Å². The summed E-state index contributed by atoms with van der Waals surface area (Å²) in [6.07, 6.45) is 2.62. The molecule has 1 saturated carbocycles. The molecule has 0 radical (unpaired) electrons. The zero-order valence-electron chi connectivity index (χ0n) is 10.9. The molecule has 2 aliphatic heterocycles. The van der Waals surface area contributed by atoms with E-state index in [2.05, 4.69) is 13.8 Å². The van der Waals surface area contributed by atoms with Crippen LogP contribution in [0, 0.1) is 11.3 Å². The van der Waals surface area contributed by atoms with Crippen LogP contribution in [0.2, 0.25) is 0 Å². The highest BCUT2D eigenvalue weighted by Crippen LogP contribution is 2.56. The number of carbonyl (C=O) groups is 2. The van der Waals surface area contributed by atoms with Crippen LogP contribution in [-0.4, -0.2) is 36.0 Å². The van der Waals surface area contributed by atoms with E-state index in [0.717, 1.165) is 19.3 Å². The predicted molar refractivity (Wildman–Crippen MR) is 63.6 cm³/mol. The lowest BCUT2D eigenvalue weighted by Gasteiger charge is -2.42. The highest BCUT2D eigenvalue weighted by atomic mass is 16.6. The Hall–Kier alpha value is -1.06. The van der Waals surface area contributed by atoms with Gasteiger partial charge in [-0.15, -0.1) is 0 Å². The number of hydrogen-bond acceptors (Lipinski definition) is 3. The van der Waals surface area contributed by atoms with Gasteiger partial charge in [0.05, 0.1) is 6.61 Å². The van der Waals surface area contributed by atoms with E-state index in [-0.39, 0.29) is 29.3 Å². The molecule has 3 rings (SSSR count). The summed E-state index contributed by atoms with van der Waals surface area (Å²) in [5.74, 6) is 0.230. The highest BCUT2D eigenvalue weighted by molar-refractivity contribution is 5.83. The topological polar surface area (TPSA) is 46.6 Å².